The van der Waals surface area contributed by atoms with Crippen LogP contribution in [0.5, 0.6) is 0 Å². The molecule has 0 saturated carbocycles. The van der Waals surface area contributed by atoms with Crippen LogP contribution in [0.3, 0.4) is 0 Å². The second kappa shape index (κ2) is 9.61. The van der Waals surface area contributed by atoms with Gasteiger partial charge in [0, 0.05) is 5.56 Å². The second-order valence-corrected chi connectivity index (χ2v) is 9.14. The van der Waals surface area contributed by atoms with E-state index in [2.05, 4.69) is 143 Å². The predicted molar refractivity (Wildman–Crippen MR) is 140 cm³/mol. The van der Waals surface area contributed by atoms with Crippen LogP contribution < -0.4 is 16.0 Å². The monoisotopic (exact) mass is 457 g/mol. The van der Waals surface area contributed by atoms with Crippen LogP contribution in [-0.2, 0) is 0 Å². The minimum absolute atomic E-state index is 0.0293. The highest BCUT2D eigenvalue weighted by molar-refractivity contribution is 5.95. The molecule has 1 saturated heterocycles. The van der Waals surface area contributed by atoms with E-state index in [4.69, 9.17) is 4.99 Å². The Hall–Kier alpha value is -4.15. The Morgan fingerprint density at radius 1 is 0.543 bits per heavy atom. The van der Waals surface area contributed by atoms with Crippen molar-refractivity contribution >= 4 is 5.84 Å². The smallest absolute Gasteiger partial charge is 0.202 e. The van der Waals surface area contributed by atoms with Gasteiger partial charge in [0.25, 0.3) is 0 Å². The van der Waals surface area contributed by atoms with E-state index >= 15 is 0 Å². The number of nitrogens with zero attached hydrogens (tertiary/aromatic N) is 1. The van der Waals surface area contributed by atoms with Crippen molar-refractivity contribution in [2.45, 2.75) is 24.2 Å². The summed E-state index contributed by atoms with van der Waals surface area (Å²) < 4.78 is 0. The van der Waals surface area contributed by atoms with Gasteiger partial charge in [-0.25, -0.2) is 0 Å². The zero-order valence-electron chi connectivity index (χ0n) is 19.5. The molecule has 172 valence electrons. The maximum absolute atomic E-state index is 5.14. The maximum atomic E-state index is 5.14. The molecule has 0 aliphatic carbocycles. The number of benzene rings is 4. The van der Waals surface area contributed by atoms with Gasteiger partial charge in [0.05, 0.1) is 12.1 Å². The van der Waals surface area contributed by atoms with Crippen molar-refractivity contribution in [3.63, 3.8) is 0 Å². The maximum Gasteiger partial charge on any atom is 0.202 e. The van der Waals surface area contributed by atoms with E-state index in [1.807, 2.05) is 0 Å². The van der Waals surface area contributed by atoms with Gasteiger partial charge in [-0.15, -0.1) is 0 Å². The molecule has 4 nitrogen and oxygen atoms in total. The molecule has 2 heterocycles. The van der Waals surface area contributed by atoms with Crippen LogP contribution in [0.4, 0.5) is 0 Å². The van der Waals surface area contributed by atoms with Gasteiger partial charge in [-0.05, 0) is 16.7 Å². The lowest BCUT2D eigenvalue weighted by Crippen LogP contribution is -2.81. The van der Waals surface area contributed by atoms with Gasteiger partial charge < -0.3 is 10.6 Å². The average molecular weight is 458 g/mol. The first-order chi connectivity index (χ1) is 17.3. The SMILES string of the molecule is C(=C1N[C@@H](c2ccccc2)[C@H](c2ccccc2)[NH2+]1)C1=N[C@@H](c2ccccc2)[C@H](c2ccccc2)N1. The van der Waals surface area contributed by atoms with Crippen LogP contribution in [0, 0.1) is 0 Å². The van der Waals surface area contributed by atoms with Crippen LogP contribution in [0.1, 0.15) is 46.4 Å². The summed E-state index contributed by atoms with van der Waals surface area (Å²) in [7, 11) is 0. The molecule has 4 atom stereocenters. The third-order valence-electron chi connectivity index (χ3n) is 6.87. The number of quaternary nitrogens is 1. The number of nitrogens with one attached hydrogen (secondary N) is 2. The second-order valence-electron chi connectivity index (χ2n) is 9.14. The number of rotatable bonds is 5. The Kier molecular flexibility index (Phi) is 5.87. The average Bonchev–Trinajstić information content (AvgIpc) is 3.56. The topological polar surface area (TPSA) is 53.0 Å². The number of amidine groups is 1. The van der Waals surface area contributed by atoms with Crippen LogP contribution in [-0.4, -0.2) is 5.84 Å². The molecule has 0 spiro atoms. The van der Waals surface area contributed by atoms with Gasteiger partial charge in [0.15, 0.2) is 0 Å². The summed E-state index contributed by atoms with van der Waals surface area (Å²) in [6.45, 7) is 0. The third-order valence-corrected chi connectivity index (χ3v) is 6.87. The Bertz CT molecular complexity index is 1270. The lowest BCUT2D eigenvalue weighted by molar-refractivity contribution is -0.637. The van der Waals surface area contributed by atoms with E-state index in [1.54, 1.807) is 0 Å². The van der Waals surface area contributed by atoms with E-state index in [0.717, 1.165) is 11.7 Å². The number of nitrogens with two attached hydrogens (primary N) is 1. The standard InChI is InChI=1S/C31H28N4/c1-5-13-22(14-6-1)28-29(23-15-7-2-8-16-23)33-26(32-28)21-27-34-30(24-17-9-3-10-18-24)31(35-27)25-19-11-4-12-20-25/h1-21,28-33H,(H,34,35)/p+1/t28-,29-,30-,31-/m0/s1. The van der Waals surface area contributed by atoms with Crippen molar-refractivity contribution in [2.75, 3.05) is 0 Å². The van der Waals surface area contributed by atoms with Gasteiger partial charge in [-0.1, -0.05) is 121 Å². The summed E-state index contributed by atoms with van der Waals surface area (Å²) >= 11 is 0. The molecule has 2 aliphatic heterocycles. The van der Waals surface area contributed by atoms with Gasteiger partial charge >= 0.3 is 0 Å². The fraction of sp³-hybridized carbons (Fsp3) is 0.129. The molecule has 6 rings (SSSR count). The van der Waals surface area contributed by atoms with E-state index in [0.29, 0.717) is 0 Å². The van der Waals surface area contributed by atoms with Gasteiger partial charge in [0.2, 0.25) is 5.82 Å². The largest absolute Gasteiger partial charge is 0.361 e. The van der Waals surface area contributed by atoms with Crippen molar-refractivity contribution in [3.8, 4) is 0 Å². The molecular formula is C31H29N4+. The van der Waals surface area contributed by atoms with Gasteiger partial charge in [-0.2, -0.15) is 0 Å². The Morgan fingerprint density at radius 2 is 1.03 bits per heavy atom. The molecule has 2 aliphatic rings. The first-order valence-electron chi connectivity index (χ1n) is 12.2. The van der Waals surface area contributed by atoms with Crippen molar-refractivity contribution in [1.29, 1.82) is 0 Å². The lowest BCUT2D eigenvalue weighted by Gasteiger charge is -2.19. The fourth-order valence-electron chi connectivity index (χ4n) is 5.18. The van der Waals surface area contributed by atoms with Crippen molar-refractivity contribution in [1.82, 2.24) is 10.6 Å². The normalized spacial score (nSPS) is 24.6. The van der Waals surface area contributed by atoms with Crippen LogP contribution in [0.25, 0.3) is 0 Å². The number of hydrogen-bond acceptors (Lipinski definition) is 3. The number of hydrogen-bond donors (Lipinski definition) is 3. The Labute approximate surface area is 206 Å². The molecule has 1 fully saturated rings. The summed E-state index contributed by atoms with van der Waals surface area (Å²) in [6.07, 6.45) is 2.16. The predicted octanol–water partition coefficient (Wildman–Crippen LogP) is 4.96. The van der Waals surface area contributed by atoms with Crippen LogP contribution in [0.2, 0.25) is 0 Å². The summed E-state index contributed by atoms with van der Waals surface area (Å²) in [5, 5.41) is 9.82. The highest BCUT2D eigenvalue weighted by Gasteiger charge is 2.37. The van der Waals surface area contributed by atoms with Crippen molar-refractivity contribution < 1.29 is 5.32 Å². The molecule has 0 radical (unpaired) electrons. The Balaban J connectivity index is 1.33. The summed E-state index contributed by atoms with van der Waals surface area (Å²) in [5.41, 5.74) is 5.05. The molecule has 0 bridgehead atoms. The molecular weight excluding hydrogens is 428 g/mol. The molecule has 0 amide bonds. The minimum atomic E-state index is 0.0293. The van der Waals surface area contributed by atoms with Crippen molar-refractivity contribution in [3.05, 3.63) is 155 Å². The first kappa shape index (κ1) is 21.4. The highest BCUT2D eigenvalue weighted by Crippen LogP contribution is 2.36. The Morgan fingerprint density at radius 3 is 1.60 bits per heavy atom. The number of aliphatic imine (C=N–C) groups is 1. The molecule has 0 aromatic heterocycles. The van der Waals surface area contributed by atoms with Crippen molar-refractivity contribution in [2.24, 2.45) is 4.99 Å². The molecule has 4 aromatic carbocycles. The van der Waals surface area contributed by atoms with E-state index < -0.39 is 0 Å². The quantitative estimate of drug-likeness (QED) is 0.397. The summed E-state index contributed by atoms with van der Waals surface area (Å²) in [5.74, 6) is 2.01. The third kappa shape index (κ3) is 4.48. The van der Waals surface area contributed by atoms with Crippen LogP contribution in [0.15, 0.2) is 138 Å². The van der Waals surface area contributed by atoms with E-state index in [1.165, 1.54) is 22.3 Å². The molecule has 4 aromatic rings. The summed E-state index contributed by atoms with van der Waals surface area (Å²) in [6, 6.07) is 43.1. The zero-order valence-corrected chi connectivity index (χ0v) is 19.5. The fourth-order valence-corrected chi connectivity index (χ4v) is 5.18. The highest BCUT2D eigenvalue weighted by atomic mass is 15.2. The van der Waals surface area contributed by atoms with E-state index in [-0.39, 0.29) is 24.2 Å². The molecule has 0 unspecified atom stereocenters. The van der Waals surface area contributed by atoms with E-state index in [9.17, 15) is 0 Å². The minimum Gasteiger partial charge on any atom is -0.361 e. The van der Waals surface area contributed by atoms with Gasteiger partial charge in [-0.3, -0.25) is 10.3 Å². The molecule has 4 heteroatoms. The lowest BCUT2D eigenvalue weighted by atomic mass is 9.95. The molecule has 4 N–H and O–H groups in total. The molecule has 35 heavy (non-hydrogen) atoms. The zero-order chi connectivity index (χ0) is 23.5. The summed E-state index contributed by atoms with van der Waals surface area (Å²) in [4.78, 5) is 5.14. The first-order valence-corrected chi connectivity index (χ1v) is 12.2. The van der Waals surface area contributed by atoms with Crippen LogP contribution >= 0.6 is 0 Å². The van der Waals surface area contributed by atoms with Gasteiger partial charge in [0.1, 0.15) is 24.0 Å².